The third-order valence-corrected chi connectivity index (χ3v) is 3.49. The first-order valence-electron chi connectivity index (χ1n) is 7.07. The van der Waals surface area contributed by atoms with E-state index in [0.29, 0.717) is 6.42 Å². The molecule has 22 heavy (non-hydrogen) atoms. The van der Waals surface area contributed by atoms with Crippen LogP contribution in [0.5, 0.6) is 0 Å². The van der Waals surface area contributed by atoms with E-state index in [9.17, 15) is 19.5 Å². The van der Waals surface area contributed by atoms with Crippen molar-refractivity contribution in [2.75, 3.05) is 13.2 Å². The summed E-state index contributed by atoms with van der Waals surface area (Å²) >= 11 is 0. The summed E-state index contributed by atoms with van der Waals surface area (Å²) in [4.78, 5) is 33.9. The van der Waals surface area contributed by atoms with Gasteiger partial charge < -0.3 is 19.4 Å². The molecule has 0 aromatic carbocycles. The number of carboxylic acid groups (broad SMARTS) is 1. The monoisotopic (exact) mass is 324 g/mol. The predicted molar refractivity (Wildman–Crippen MR) is 74.0 cm³/mol. The van der Waals surface area contributed by atoms with Crippen LogP contribution in [0.25, 0.3) is 0 Å². The fourth-order valence-electron chi connectivity index (χ4n) is 1.32. The van der Waals surface area contributed by atoms with Crippen LogP contribution in [-0.4, -0.2) is 31.1 Å². The molecule has 0 N–H and O–H groups in total. The zero-order valence-corrected chi connectivity index (χ0v) is 16.5. The molecule has 122 valence electrons. The van der Waals surface area contributed by atoms with E-state index >= 15 is 0 Å². The smallest absolute Gasteiger partial charge is 0.550 e. The summed E-state index contributed by atoms with van der Waals surface area (Å²) in [6.07, 6.45) is 0.584. The molecule has 0 radical (unpaired) electrons. The Morgan fingerprint density at radius 2 is 1.32 bits per heavy atom. The van der Waals surface area contributed by atoms with Gasteiger partial charge in [-0.1, -0.05) is 6.92 Å². The molecule has 7 heteroatoms. The molecule has 0 bridgehead atoms. The maximum atomic E-state index is 11.8. The zero-order valence-electron chi connectivity index (χ0n) is 14.5. The Hall–Kier alpha value is -0.590. The van der Waals surface area contributed by atoms with Crippen LogP contribution in [0, 0.1) is 10.8 Å². The van der Waals surface area contributed by atoms with Gasteiger partial charge in [0.15, 0.2) is 0 Å². The molecule has 0 aliphatic heterocycles. The van der Waals surface area contributed by atoms with Crippen molar-refractivity contribution in [3.8, 4) is 0 Å². The SMILES string of the molecule is CCC(C)(C)C(=O)OCCOC(=O)C(C)(C)CCC(=O)[O-].[Na+]. The van der Waals surface area contributed by atoms with Crippen molar-refractivity contribution in [1.29, 1.82) is 0 Å². The normalized spacial score (nSPS) is 11.3. The zero-order chi connectivity index (χ0) is 16.7. The minimum absolute atomic E-state index is 0. The average molecular weight is 324 g/mol. The minimum Gasteiger partial charge on any atom is -0.550 e. The Morgan fingerprint density at radius 1 is 0.909 bits per heavy atom. The van der Waals surface area contributed by atoms with Gasteiger partial charge in [-0.2, -0.15) is 0 Å². The summed E-state index contributed by atoms with van der Waals surface area (Å²) in [6.45, 7) is 8.61. The topological polar surface area (TPSA) is 92.7 Å². The molecule has 0 aliphatic rings. The number of carboxylic acids is 1. The van der Waals surface area contributed by atoms with Gasteiger partial charge in [0.1, 0.15) is 13.2 Å². The Morgan fingerprint density at radius 3 is 1.68 bits per heavy atom. The average Bonchev–Trinajstić information content (AvgIpc) is 2.40. The van der Waals surface area contributed by atoms with Crippen LogP contribution in [0.15, 0.2) is 0 Å². The second-order valence-electron chi connectivity index (χ2n) is 6.27. The molecule has 0 atom stereocenters. The number of ether oxygens (including phenoxy) is 2. The second kappa shape index (κ2) is 10.2. The van der Waals surface area contributed by atoms with E-state index in [2.05, 4.69) is 0 Å². The van der Waals surface area contributed by atoms with Crippen molar-refractivity contribution in [3.63, 3.8) is 0 Å². The number of aliphatic carboxylic acids is 1. The van der Waals surface area contributed by atoms with E-state index in [1.54, 1.807) is 27.7 Å². The van der Waals surface area contributed by atoms with E-state index in [1.165, 1.54) is 0 Å². The van der Waals surface area contributed by atoms with Gasteiger partial charge in [-0.25, -0.2) is 0 Å². The van der Waals surface area contributed by atoms with Crippen LogP contribution < -0.4 is 34.7 Å². The summed E-state index contributed by atoms with van der Waals surface area (Å²) in [7, 11) is 0. The minimum atomic E-state index is -1.20. The van der Waals surface area contributed by atoms with Gasteiger partial charge in [0.2, 0.25) is 0 Å². The number of hydrogen-bond donors (Lipinski definition) is 0. The molecule has 0 rings (SSSR count). The van der Waals surface area contributed by atoms with Gasteiger partial charge in [-0.3, -0.25) is 9.59 Å². The van der Waals surface area contributed by atoms with Gasteiger partial charge in [-0.05, 0) is 47.0 Å². The van der Waals surface area contributed by atoms with Crippen LogP contribution in [0.1, 0.15) is 53.9 Å². The van der Waals surface area contributed by atoms with Crippen molar-refractivity contribution in [2.24, 2.45) is 10.8 Å². The molecule has 0 fully saturated rings. The third-order valence-electron chi connectivity index (χ3n) is 3.49. The number of carbonyl (C=O) groups is 3. The van der Waals surface area contributed by atoms with Gasteiger partial charge in [-0.15, -0.1) is 0 Å². The quantitative estimate of drug-likeness (QED) is 0.279. The maximum Gasteiger partial charge on any atom is 1.00 e. The summed E-state index contributed by atoms with van der Waals surface area (Å²) in [5.74, 6) is -2.06. The fraction of sp³-hybridized carbons (Fsp3) is 0.800. The predicted octanol–water partition coefficient (Wildman–Crippen LogP) is -1.93. The van der Waals surface area contributed by atoms with E-state index in [4.69, 9.17) is 9.47 Å². The molecule has 0 aromatic rings. The van der Waals surface area contributed by atoms with Gasteiger partial charge in [0.05, 0.1) is 10.8 Å². The molecule has 0 saturated heterocycles. The third kappa shape index (κ3) is 8.76. The summed E-state index contributed by atoms with van der Waals surface area (Å²) in [5, 5.41) is 10.4. The van der Waals surface area contributed by atoms with Gasteiger partial charge >= 0.3 is 41.5 Å². The summed E-state index contributed by atoms with van der Waals surface area (Å²) in [5.41, 5.74) is -1.47. The van der Waals surface area contributed by atoms with Crippen LogP contribution in [0.3, 0.4) is 0 Å². The van der Waals surface area contributed by atoms with Crippen molar-refractivity contribution >= 4 is 17.9 Å². The van der Waals surface area contributed by atoms with Gasteiger partial charge in [0.25, 0.3) is 0 Å². The number of hydrogen-bond acceptors (Lipinski definition) is 6. The summed E-state index contributed by atoms with van der Waals surface area (Å²) in [6, 6.07) is 0. The number of esters is 2. The van der Waals surface area contributed by atoms with E-state index < -0.39 is 22.8 Å². The summed E-state index contributed by atoms with van der Waals surface area (Å²) < 4.78 is 10.0. The molecule has 0 heterocycles. The van der Waals surface area contributed by atoms with Crippen molar-refractivity contribution in [3.05, 3.63) is 0 Å². The first-order chi connectivity index (χ1) is 9.53. The van der Waals surface area contributed by atoms with Crippen LogP contribution in [-0.2, 0) is 23.9 Å². The fourth-order valence-corrected chi connectivity index (χ4v) is 1.32. The van der Waals surface area contributed by atoms with E-state index in [1.807, 2.05) is 6.92 Å². The van der Waals surface area contributed by atoms with Crippen molar-refractivity contribution in [2.45, 2.75) is 53.9 Å². The van der Waals surface area contributed by atoms with Crippen LogP contribution in [0.2, 0.25) is 0 Å². The maximum absolute atomic E-state index is 11.8. The standard InChI is InChI=1S/C15H26O6.Na/c1-6-14(2,3)12(18)20-9-10-21-13(19)15(4,5)8-7-11(16)17;/h6-10H2,1-5H3,(H,16,17);/q;+1/p-1. The number of rotatable bonds is 9. The van der Waals surface area contributed by atoms with Crippen LogP contribution in [0.4, 0.5) is 0 Å². The second-order valence-corrected chi connectivity index (χ2v) is 6.27. The Balaban J connectivity index is 0. The molecule has 0 spiro atoms. The molecule has 0 aliphatic carbocycles. The molecular formula is C15H25NaO6. The van der Waals surface area contributed by atoms with Crippen molar-refractivity contribution < 1.29 is 58.5 Å². The molecule has 0 unspecified atom stereocenters. The molecule has 0 saturated carbocycles. The largest absolute Gasteiger partial charge is 1.00 e. The number of carbonyl (C=O) groups excluding carboxylic acids is 3. The van der Waals surface area contributed by atoms with Crippen molar-refractivity contribution in [1.82, 2.24) is 0 Å². The van der Waals surface area contributed by atoms with E-state index in [0.717, 1.165) is 0 Å². The Kier molecular flexibility index (Phi) is 11.0. The Bertz CT molecular complexity index is 389. The first-order valence-corrected chi connectivity index (χ1v) is 7.07. The molecule has 6 nitrogen and oxygen atoms in total. The Labute approximate surface area is 154 Å². The molecule has 0 aromatic heterocycles. The van der Waals surface area contributed by atoms with Gasteiger partial charge in [0, 0.05) is 5.97 Å². The van der Waals surface area contributed by atoms with E-state index in [-0.39, 0.29) is 61.6 Å². The van der Waals surface area contributed by atoms with Crippen LogP contribution >= 0.6 is 0 Å². The molecule has 0 amide bonds. The molecular weight excluding hydrogens is 299 g/mol. The first kappa shape index (κ1) is 23.7.